The molecule has 5 heteroatoms. The van der Waals surface area contributed by atoms with Gasteiger partial charge in [0.15, 0.2) is 0 Å². The van der Waals surface area contributed by atoms with Crippen LogP contribution in [0, 0.1) is 11.8 Å². The molecule has 0 aromatic heterocycles. The molecule has 0 aliphatic heterocycles. The number of carbonyl (C=O) groups is 1. The van der Waals surface area contributed by atoms with Crippen LogP contribution in [0.2, 0.25) is 0 Å². The summed E-state index contributed by atoms with van der Waals surface area (Å²) in [7, 11) is 0. The number of hydrogen-bond acceptors (Lipinski definition) is 4. The van der Waals surface area contributed by atoms with Gasteiger partial charge in [0.05, 0.1) is 6.61 Å². The second kappa shape index (κ2) is 8.31. The van der Waals surface area contributed by atoms with Gasteiger partial charge in [0.25, 0.3) is 0 Å². The average molecular weight is 247 g/mol. The summed E-state index contributed by atoms with van der Waals surface area (Å²) in [4.78, 5) is 11.4. The Morgan fingerprint density at radius 2 is 1.88 bits per heavy atom. The van der Waals surface area contributed by atoms with E-state index in [1.807, 2.05) is 13.8 Å². The number of nitrogens with one attached hydrogen (secondary N) is 1. The van der Waals surface area contributed by atoms with Crippen LogP contribution in [0.15, 0.2) is 0 Å². The molecule has 0 rings (SSSR count). The highest BCUT2D eigenvalue weighted by Crippen LogP contribution is 2.12. The SMILES string of the molecule is CC(C)CC(NC(=O)OCC(O)CO)C(C)C. The maximum absolute atomic E-state index is 11.4. The number of carbonyl (C=O) groups excluding carboxylic acids is 1. The van der Waals surface area contributed by atoms with E-state index >= 15 is 0 Å². The Balaban J connectivity index is 4.04. The van der Waals surface area contributed by atoms with Crippen LogP contribution in [0.25, 0.3) is 0 Å². The van der Waals surface area contributed by atoms with E-state index in [4.69, 9.17) is 14.9 Å². The molecule has 0 aromatic carbocycles. The average Bonchev–Trinajstić information content (AvgIpc) is 2.24. The normalized spacial score (nSPS) is 14.8. The van der Waals surface area contributed by atoms with Crippen molar-refractivity contribution >= 4 is 6.09 Å². The van der Waals surface area contributed by atoms with Crippen molar-refractivity contribution in [2.24, 2.45) is 11.8 Å². The molecule has 2 atom stereocenters. The third kappa shape index (κ3) is 7.99. The zero-order valence-corrected chi connectivity index (χ0v) is 11.1. The number of alkyl carbamates (subject to hydrolysis) is 1. The summed E-state index contributed by atoms with van der Waals surface area (Å²) in [6.45, 7) is 7.67. The molecule has 0 spiro atoms. The fourth-order valence-corrected chi connectivity index (χ4v) is 1.42. The molecule has 17 heavy (non-hydrogen) atoms. The number of aliphatic hydroxyl groups excluding tert-OH is 2. The second-order valence-corrected chi connectivity index (χ2v) is 5.06. The predicted molar refractivity (Wildman–Crippen MR) is 65.7 cm³/mol. The van der Waals surface area contributed by atoms with Crippen LogP contribution in [0.1, 0.15) is 34.1 Å². The third-order valence-corrected chi connectivity index (χ3v) is 2.45. The van der Waals surface area contributed by atoms with Crippen molar-refractivity contribution in [1.29, 1.82) is 0 Å². The van der Waals surface area contributed by atoms with Crippen molar-refractivity contribution in [1.82, 2.24) is 5.32 Å². The lowest BCUT2D eigenvalue weighted by Crippen LogP contribution is -2.40. The molecule has 0 aliphatic rings. The Bertz CT molecular complexity index is 219. The fraction of sp³-hybridized carbons (Fsp3) is 0.917. The quantitative estimate of drug-likeness (QED) is 0.630. The van der Waals surface area contributed by atoms with Gasteiger partial charge in [-0.2, -0.15) is 0 Å². The molecule has 0 saturated carbocycles. The molecule has 0 bridgehead atoms. The van der Waals surface area contributed by atoms with E-state index in [9.17, 15) is 4.79 Å². The summed E-state index contributed by atoms with van der Waals surface area (Å²) < 4.78 is 4.80. The minimum atomic E-state index is -1.01. The van der Waals surface area contributed by atoms with Gasteiger partial charge in [0, 0.05) is 6.04 Å². The highest BCUT2D eigenvalue weighted by Gasteiger charge is 2.18. The number of amides is 1. The van der Waals surface area contributed by atoms with Gasteiger partial charge in [-0.3, -0.25) is 0 Å². The first-order valence-electron chi connectivity index (χ1n) is 6.09. The van der Waals surface area contributed by atoms with Crippen LogP contribution in [0.3, 0.4) is 0 Å². The van der Waals surface area contributed by atoms with E-state index in [1.54, 1.807) is 0 Å². The molecular formula is C12H25NO4. The Morgan fingerprint density at radius 1 is 1.29 bits per heavy atom. The van der Waals surface area contributed by atoms with Crippen molar-refractivity contribution in [2.45, 2.75) is 46.3 Å². The van der Waals surface area contributed by atoms with Crippen LogP contribution in [-0.4, -0.2) is 41.7 Å². The van der Waals surface area contributed by atoms with E-state index in [1.165, 1.54) is 0 Å². The van der Waals surface area contributed by atoms with E-state index in [0.29, 0.717) is 11.8 Å². The summed E-state index contributed by atoms with van der Waals surface area (Å²) in [5.74, 6) is 0.818. The van der Waals surface area contributed by atoms with Gasteiger partial charge in [-0.15, -0.1) is 0 Å². The standard InChI is InChI=1S/C12H25NO4/c1-8(2)5-11(9(3)4)13-12(16)17-7-10(15)6-14/h8-11,14-15H,5-7H2,1-4H3,(H,13,16). The second-order valence-electron chi connectivity index (χ2n) is 5.06. The maximum atomic E-state index is 11.4. The molecule has 0 aromatic rings. The summed E-state index contributed by atoms with van der Waals surface area (Å²) >= 11 is 0. The lowest BCUT2D eigenvalue weighted by atomic mass is 9.95. The number of hydrogen-bond donors (Lipinski definition) is 3. The van der Waals surface area contributed by atoms with Crippen molar-refractivity contribution in [2.75, 3.05) is 13.2 Å². The first kappa shape index (κ1) is 16.2. The fourth-order valence-electron chi connectivity index (χ4n) is 1.42. The zero-order valence-electron chi connectivity index (χ0n) is 11.1. The van der Waals surface area contributed by atoms with Crippen LogP contribution in [0.4, 0.5) is 4.79 Å². The monoisotopic (exact) mass is 247 g/mol. The molecule has 2 unspecified atom stereocenters. The van der Waals surface area contributed by atoms with E-state index in [2.05, 4.69) is 19.2 Å². The smallest absolute Gasteiger partial charge is 0.407 e. The summed E-state index contributed by atoms with van der Waals surface area (Å²) in [5.41, 5.74) is 0. The Hall–Kier alpha value is -0.810. The minimum Gasteiger partial charge on any atom is -0.447 e. The van der Waals surface area contributed by atoms with Gasteiger partial charge in [-0.05, 0) is 18.3 Å². The van der Waals surface area contributed by atoms with Gasteiger partial charge in [0.1, 0.15) is 12.7 Å². The van der Waals surface area contributed by atoms with Gasteiger partial charge in [-0.25, -0.2) is 4.79 Å². The first-order valence-corrected chi connectivity index (χ1v) is 6.09. The summed E-state index contributed by atoms with van der Waals surface area (Å²) in [5, 5.41) is 20.4. The van der Waals surface area contributed by atoms with Crippen LogP contribution >= 0.6 is 0 Å². The Morgan fingerprint density at radius 3 is 2.29 bits per heavy atom. The number of aliphatic hydroxyl groups is 2. The van der Waals surface area contributed by atoms with E-state index in [-0.39, 0.29) is 12.6 Å². The van der Waals surface area contributed by atoms with Crippen molar-refractivity contribution in [3.8, 4) is 0 Å². The predicted octanol–water partition coefficient (Wildman–Crippen LogP) is 1.14. The third-order valence-electron chi connectivity index (χ3n) is 2.45. The largest absolute Gasteiger partial charge is 0.447 e. The van der Waals surface area contributed by atoms with Crippen molar-refractivity contribution < 1.29 is 19.7 Å². The van der Waals surface area contributed by atoms with Gasteiger partial charge < -0.3 is 20.3 Å². The molecule has 1 amide bonds. The minimum absolute atomic E-state index is 0.0637. The van der Waals surface area contributed by atoms with E-state index < -0.39 is 18.8 Å². The number of rotatable bonds is 7. The van der Waals surface area contributed by atoms with Gasteiger partial charge in [0.2, 0.25) is 0 Å². The highest BCUT2D eigenvalue weighted by molar-refractivity contribution is 5.67. The Kier molecular flexibility index (Phi) is 7.91. The molecule has 0 saturated heterocycles. The van der Waals surface area contributed by atoms with Crippen molar-refractivity contribution in [3.05, 3.63) is 0 Å². The molecule has 0 aliphatic carbocycles. The van der Waals surface area contributed by atoms with Crippen molar-refractivity contribution in [3.63, 3.8) is 0 Å². The van der Waals surface area contributed by atoms with Gasteiger partial charge in [-0.1, -0.05) is 27.7 Å². The lowest BCUT2D eigenvalue weighted by molar-refractivity contribution is 0.0305. The Labute approximate surface area is 103 Å². The van der Waals surface area contributed by atoms with Gasteiger partial charge >= 0.3 is 6.09 Å². The van der Waals surface area contributed by atoms with E-state index in [0.717, 1.165) is 6.42 Å². The van der Waals surface area contributed by atoms with Crippen LogP contribution in [-0.2, 0) is 4.74 Å². The van der Waals surface area contributed by atoms with Crippen LogP contribution in [0.5, 0.6) is 0 Å². The molecule has 102 valence electrons. The molecule has 5 nitrogen and oxygen atoms in total. The lowest BCUT2D eigenvalue weighted by Gasteiger charge is -2.24. The molecule has 3 N–H and O–H groups in total. The summed E-state index contributed by atoms with van der Waals surface area (Å²) in [6, 6.07) is 0.0637. The molecule has 0 fully saturated rings. The van der Waals surface area contributed by atoms with Crippen LogP contribution < -0.4 is 5.32 Å². The molecule has 0 heterocycles. The topological polar surface area (TPSA) is 78.8 Å². The first-order chi connectivity index (χ1) is 7.86. The highest BCUT2D eigenvalue weighted by atomic mass is 16.6. The molecular weight excluding hydrogens is 222 g/mol. The number of ether oxygens (including phenoxy) is 1. The zero-order chi connectivity index (χ0) is 13.4. The molecule has 0 radical (unpaired) electrons. The maximum Gasteiger partial charge on any atom is 0.407 e. The summed E-state index contributed by atoms with van der Waals surface area (Å²) in [6.07, 6.45) is -0.671.